The Kier molecular flexibility index (Phi) is 4.43. The van der Waals surface area contributed by atoms with E-state index in [1.165, 1.54) is 10.6 Å². The lowest BCUT2D eigenvalue weighted by atomic mass is 10.1. The molecule has 0 fully saturated rings. The Morgan fingerprint density at radius 1 is 1.07 bits per heavy atom. The van der Waals surface area contributed by atoms with Gasteiger partial charge in [0.1, 0.15) is 0 Å². The topological polar surface area (TPSA) is 84.9 Å². The number of anilines is 2. The average molecular weight is 388 g/mol. The molecular formula is C19H20N2O5S. The molecule has 0 saturated heterocycles. The van der Waals surface area contributed by atoms with Gasteiger partial charge in [0.05, 0.1) is 25.2 Å². The summed E-state index contributed by atoms with van der Waals surface area (Å²) in [5.74, 6) is 1.03. The van der Waals surface area contributed by atoms with E-state index < -0.39 is 10.0 Å². The van der Waals surface area contributed by atoms with Crippen molar-refractivity contribution in [2.45, 2.75) is 12.8 Å². The Labute approximate surface area is 157 Å². The summed E-state index contributed by atoms with van der Waals surface area (Å²) in [5, 5.41) is 2.86. The van der Waals surface area contributed by atoms with Crippen LogP contribution in [0.15, 0.2) is 36.4 Å². The smallest absolute Gasteiger partial charge is 0.255 e. The molecule has 0 aliphatic carbocycles. The first kappa shape index (κ1) is 17.7. The zero-order chi connectivity index (χ0) is 19.0. The number of fused-ring (bicyclic) bond motifs is 2. The summed E-state index contributed by atoms with van der Waals surface area (Å²) in [6.07, 6.45) is 2.59. The van der Waals surface area contributed by atoms with Crippen molar-refractivity contribution in [1.82, 2.24) is 0 Å². The Bertz CT molecular complexity index is 1000. The Hall–Kier alpha value is -2.74. The number of nitrogens with one attached hydrogen (secondary N) is 1. The first-order valence-corrected chi connectivity index (χ1v) is 10.6. The first-order chi connectivity index (χ1) is 12.9. The van der Waals surface area contributed by atoms with E-state index in [0.717, 1.165) is 12.0 Å². The van der Waals surface area contributed by atoms with Crippen molar-refractivity contribution in [2.75, 3.05) is 35.6 Å². The molecule has 2 aliphatic heterocycles. The largest absolute Gasteiger partial charge is 0.490 e. The second-order valence-corrected chi connectivity index (χ2v) is 8.50. The van der Waals surface area contributed by atoms with Crippen molar-refractivity contribution in [1.29, 1.82) is 0 Å². The molecule has 1 amide bonds. The second kappa shape index (κ2) is 6.77. The van der Waals surface area contributed by atoms with Gasteiger partial charge in [-0.2, -0.15) is 0 Å². The maximum Gasteiger partial charge on any atom is 0.255 e. The standard InChI is InChI=1S/C19H20N2O5S/c1-27(23,24)21-8-7-13-11-14(3-5-16(13)21)19(22)20-15-4-6-17-18(12-15)26-10-2-9-25-17/h3-6,11-12H,2,7-10H2,1H3,(H,20,22). The van der Waals surface area contributed by atoms with Gasteiger partial charge in [0.2, 0.25) is 10.0 Å². The van der Waals surface area contributed by atoms with Crippen molar-refractivity contribution in [3.05, 3.63) is 47.5 Å². The molecule has 4 rings (SSSR count). The molecule has 142 valence electrons. The third-order valence-electron chi connectivity index (χ3n) is 4.60. The molecule has 2 aromatic rings. The Morgan fingerprint density at radius 2 is 1.85 bits per heavy atom. The van der Waals surface area contributed by atoms with E-state index in [1.807, 2.05) is 0 Å². The van der Waals surface area contributed by atoms with Gasteiger partial charge in [-0.05, 0) is 42.3 Å². The molecule has 0 radical (unpaired) electrons. The lowest BCUT2D eigenvalue weighted by molar-refractivity contribution is 0.102. The van der Waals surface area contributed by atoms with Crippen LogP contribution in [0.5, 0.6) is 11.5 Å². The number of nitrogens with zero attached hydrogens (tertiary/aromatic N) is 1. The lowest BCUT2D eigenvalue weighted by Crippen LogP contribution is -2.27. The second-order valence-electron chi connectivity index (χ2n) is 6.59. The fourth-order valence-corrected chi connectivity index (χ4v) is 4.26. The van der Waals surface area contributed by atoms with Crippen molar-refractivity contribution in [2.24, 2.45) is 0 Å². The van der Waals surface area contributed by atoms with E-state index in [9.17, 15) is 13.2 Å². The van der Waals surface area contributed by atoms with E-state index in [0.29, 0.717) is 54.6 Å². The van der Waals surface area contributed by atoms with Crippen LogP contribution >= 0.6 is 0 Å². The normalized spacial score (nSPS) is 15.8. The van der Waals surface area contributed by atoms with Crippen LogP contribution in [0.3, 0.4) is 0 Å². The zero-order valence-electron chi connectivity index (χ0n) is 14.9. The molecule has 2 heterocycles. The highest BCUT2D eigenvalue weighted by Gasteiger charge is 2.26. The number of amides is 1. The van der Waals surface area contributed by atoms with E-state index in [2.05, 4.69) is 5.32 Å². The fourth-order valence-electron chi connectivity index (χ4n) is 3.30. The van der Waals surface area contributed by atoms with Crippen LogP contribution in [0.4, 0.5) is 11.4 Å². The fraction of sp³-hybridized carbons (Fsp3) is 0.316. The number of rotatable bonds is 3. The Balaban J connectivity index is 1.54. The molecule has 0 spiro atoms. The van der Waals surface area contributed by atoms with Gasteiger partial charge in [0, 0.05) is 30.3 Å². The SMILES string of the molecule is CS(=O)(=O)N1CCc2cc(C(=O)Nc3ccc4c(c3)OCCCO4)ccc21. The van der Waals surface area contributed by atoms with Crippen molar-refractivity contribution < 1.29 is 22.7 Å². The molecule has 2 aliphatic rings. The van der Waals surface area contributed by atoms with E-state index in [4.69, 9.17) is 9.47 Å². The summed E-state index contributed by atoms with van der Waals surface area (Å²) in [7, 11) is -3.30. The van der Waals surface area contributed by atoms with Crippen LogP contribution < -0.4 is 19.1 Å². The highest BCUT2D eigenvalue weighted by atomic mass is 32.2. The first-order valence-electron chi connectivity index (χ1n) is 8.73. The number of benzene rings is 2. The maximum absolute atomic E-state index is 12.6. The van der Waals surface area contributed by atoms with Crippen LogP contribution in [0.1, 0.15) is 22.3 Å². The van der Waals surface area contributed by atoms with Gasteiger partial charge in [-0.15, -0.1) is 0 Å². The number of carbonyl (C=O) groups excluding carboxylic acids is 1. The van der Waals surface area contributed by atoms with Crippen molar-refractivity contribution in [3.8, 4) is 11.5 Å². The third-order valence-corrected chi connectivity index (χ3v) is 5.78. The predicted molar refractivity (Wildman–Crippen MR) is 102 cm³/mol. The van der Waals surface area contributed by atoms with Crippen LogP contribution in [-0.2, 0) is 16.4 Å². The van der Waals surface area contributed by atoms with Gasteiger partial charge in [-0.3, -0.25) is 9.10 Å². The van der Waals surface area contributed by atoms with Crippen LogP contribution in [0, 0.1) is 0 Å². The minimum Gasteiger partial charge on any atom is -0.490 e. The van der Waals surface area contributed by atoms with Crippen LogP contribution in [-0.4, -0.2) is 40.3 Å². The van der Waals surface area contributed by atoms with E-state index in [-0.39, 0.29) is 5.91 Å². The van der Waals surface area contributed by atoms with Crippen LogP contribution in [0.25, 0.3) is 0 Å². The number of carbonyl (C=O) groups is 1. The molecule has 0 unspecified atom stereocenters. The number of sulfonamides is 1. The predicted octanol–water partition coefficient (Wildman–Crippen LogP) is 2.42. The molecule has 8 heteroatoms. The van der Waals surface area contributed by atoms with Crippen LogP contribution in [0.2, 0.25) is 0 Å². The Morgan fingerprint density at radius 3 is 2.63 bits per heavy atom. The van der Waals surface area contributed by atoms with E-state index in [1.54, 1.807) is 36.4 Å². The molecule has 0 bridgehead atoms. The van der Waals surface area contributed by atoms with Gasteiger partial charge in [0.15, 0.2) is 11.5 Å². The highest BCUT2D eigenvalue weighted by molar-refractivity contribution is 7.92. The van der Waals surface area contributed by atoms with Gasteiger partial charge < -0.3 is 14.8 Å². The monoisotopic (exact) mass is 388 g/mol. The number of hydrogen-bond acceptors (Lipinski definition) is 5. The van der Waals surface area contributed by atoms with Crippen molar-refractivity contribution >= 4 is 27.3 Å². The van der Waals surface area contributed by atoms with E-state index >= 15 is 0 Å². The maximum atomic E-state index is 12.6. The summed E-state index contributed by atoms with van der Waals surface area (Å²) < 4.78 is 36.2. The minimum atomic E-state index is -3.30. The number of ether oxygens (including phenoxy) is 2. The van der Waals surface area contributed by atoms with Gasteiger partial charge in [-0.1, -0.05) is 0 Å². The molecule has 0 saturated carbocycles. The number of hydrogen-bond donors (Lipinski definition) is 1. The average Bonchev–Trinajstić information content (AvgIpc) is 2.93. The van der Waals surface area contributed by atoms with Gasteiger partial charge >= 0.3 is 0 Å². The van der Waals surface area contributed by atoms with Gasteiger partial charge in [-0.25, -0.2) is 8.42 Å². The van der Waals surface area contributed by atoms with Crippen molar-refractivity contribution in [3.63, 3.8) is 0 Å². The third kappa shape index (κ3) is 3.57. The molecule has 27 heavy (non-hydrogen) atoms. The quantitative estimate of drug-likeness (QED) is 0.873. The molecule has 1 N–H and O–H groups in total. The summed E-state index contributed by atoms with van der Waals surface area (Å²) in [4.78, 5) is 12.6. The zero-order valence-corrected chi connectivity index (χ0v) is 15.7. The molecular weight excluding hydrogens is 368 g/mol. The molecule has 2 aromatic carbocycles. The summed E-state index contributed by atoms with van der Waals surface area (Å²) in [6, 6.07) is 10.4. The van der Waals surface area contributed by atoms with Gasteiger partial charge in [0.25, 0.3) is 5.91 Å². The summed E-state index contributed by atoms with van der Waals surface area (Å²) >= 11 is 0. The molecule has 7 nitrogen and oxygen atoms in total. The highest BCUT2D eigenvalue weighted by Crippen LogP contribution is 2.33. The molecule has 0 atom stereocenters. The lowest BCUT2D eigenvalue weighted by Gasteiger charge is -2.16. The summed E-state index contributed by atoms with van der Waals surface area (Å²) in [6.45, 7) is 1.59. The molecule has 0 aromatic heterocycles. The minimum absolute atomic E-state index is 0.259. The summed E-state index contributed by atoms with van der Waals surface area (Å²) in [5.41, 5.74) is 2.59.